The number of rotatable bonds is 3. The van der Waals surface area contributed by atoms with Gasteiger partial charge < -0.3 is 20.1 Å². The molecule has 1 amide bonds. The van der Waals surface area contributed by atoms with Crippen LogP contribution in [0.5, 0.6) is 11.5 Å². The van der Waals surface area contributed by atoms with Gasteiger partial charge in [0.1, 0.15) is 6.61 Å². The van der Waals surface area contributed by atoms with Gasteiger partial charge in [-0.05, 0) is 25.1 Å². The van der Waals surface area contributed by atoms with Gasteiger partial charge >= 0.3 is 0 Å². The highest BCUT2D eigenvalue weighted by Gasteiger charge is 2.23. The van der Waals surface area contributed by atoms with Crippen LogP contribution in [-0.2, 0) is 4.79 Å². The van der Waals surface area contributed by atoms with E-state index in [2.05, 4.69) is 10.6 Å². The molecule has 0 radical (unpaired) electrons. The Balaban J connectivity index is 1.77. The Hall–Kier alpha value is -2.01. The fourth-order valence-corrected chi connectivity index (χ4v) is 2.53. The molecule has 1 aromatic carbocycles. The van der Waals surface area contributed by atoms with E-state index in [-0.39, 0.29) is 18.6 Å². The van der Waals surface area contributed by atoms with Gasteiger partial charge in [0.15, 0.2) is 11.5 Å². The van der Waals surface area contributed by atoms with Gasteiger partial charge in [-0.3, -0.25) is 4.79 Å². The second-order valence-electron chi connectivity index (χ2n) is 5.00. The third-order valence-corrected chi connectivity index (χ3v) is 3.62. The first kappa shape index (κ1) is 13.0. The third kappa shape index (κ3) is 2.49. The third-order valence-electron chi connectivity index (χ3n) is 3.62. The first-order valence-corrected chi connectivity index (χ1v) is 6.80. The molecule has 0 spiro atoms. The number of hydrogen-bond donors (Lipinski definition) is 2. The number of carbonyl (C=O) groups excluding carboxylic acids is 1. The Bertz CT molecular complexity index is 548. The molecule has 0 bridgehead atoms. The summed E-state index contributed by atoms with van der Waals surface area (Å²) in [4.78, 5) is 12.2. The van der Waals surface area contributed by atoms with Gasteiger partial charge in [-0.1, -0.05) is 12.1 Å². The lowest BCUT2D eigenvalue weighted by Gasteiger charge is -2.20. The molecule has 1 saturated heterocycles. The zero-order valence-corrected chi connectivity index (χ0v) is 11.4. The van der Waals surface area contributed by atoms with E-state index in [0.29, 0.717) is 17.1 Å². The molecule has 20 heavy (non-hydrogen) atoms. The largest absolute Gasteiger partial charge is 0.493 e. The van der Waals surface area contributed by atoms with E-state index in [0.717, 1.165) is 25.1 Å². The maximum absolute atomic E-state index is 12.2. The van der Waals surface area contributed by atoms with Crippen molar-refractivity contribution in [1.29, 1.82) is 0 Å². The summed E-state index contributed by atoms with van der Waals surface area (Å²) in [5.74, 6) is 1.35. The molecular formula is C15H18N2O3. The van der Waals surface area contributed by atoms with Crippen LogP contribution in [-0.4, -0.2) is 38.8 Å². The lowest BCUT2D eigenvalue weighted by Crippen LogP contribution is -2.38. The summed E-state index contributed by atoms with van der Waals surface area (Å²) in [5.41, 5.74) is 1.53. The molecule has 2 aliphatic heterocycles. The van der Waals surface area contributed by atoms with Crippen molar-refractivity contribution >= 4 is 12.0 Å². The minimum Gasteiger partial charge on any atom is -0.493 e. The number of hydrogen-bond acceptors (Lipinski definition) is 4. The van der Waals surface area contributed by atoms with Crippen molar-refractivity contribution < 1.29 is 14.3 Å². The Morgan fingerprint density at radius 1 is 1.50 bits per heavy atom. The lowest BCUT2D eigenvalue weighted by atomic mass is 10.1. The first-order valence-electron chi connectivity index (χ1n) is 6.80. The van der Waals surface area contributed by atoms with Crippen molar-refractivity contribution in [1.82, 2.24) is 10.6 Å². The maximum Gasteiger partial charge on any atom is 0.250 e. The van der Waals surface area contributed by atoms with Gasteiger partial charge in [-0.15, -0.1) is 0 Å². The van der Waals surface area contributed by atoms with E-state index in [1.807, 2.05) is 24.3 Å². The molecule has 5 nitrogen and oxygen atoms in total. The summed E-state index contributed by atoms with van der Waals surface area (Å²) < 4.78 is 10.9. The summed E-state index contributed by atoms with van der Waals surface area (Å²) in [6, 6.07) is 5.87. The van der Waals surface area contributed by atoms with Crippen LogP contribution in [0, 0.1) is 0 Å². The monoisotopic (exact) mass is 274 g/mol. The van der Waals surface area contributed by atoms with Gasteiger partial charge in [-0.2, -0.15) is 0 Å². The summed E-state index contributed by atoms with van der Waals surface area (Å²) >= 11 is 0. The molecular weight excluding hydrogens is 256 g/mol. The van der Waals surface area contributed by atoms with Gasteiger partial charge in [0.05, 0.1) is 12.7 Å². The number of fused-ring (bicyclic) bond motifs is 1. The minimum absolute atomic E-state index is 0.0489. The van der Waals surface area contributed by atoms with Gasteiger partial charge in [-0.25, -0.2) is 0 Å². The van der Waals surface area contributed by atoms with Crippen molar-refractivity contribution in [3.8, 4) is 11.5 Å². The Morgan fingerprint density at radius 3 is 3.15 bits per heavy atom. The second kappa shape index (κ2) is 5.54. The number of benzene rings is 1. The Labute approximate surface area is 118 Å². The molecule has 1 unspecified atom stereocenters. The van der Waals surface area contributed by atoms with Crippen LogP contribution in [0.4, 0.5) is 0 Å². The van der Waals surface area contributed by atoms with E-state index in [1.54, 1.807) is 7.11 Å². The van der Waals surface area contributed by atoms with E-state index in [4.69, 9.17) is 9.47 Å². The fraction of sp³-hybridized carbons (Fsp3) is 0.400. The molecule has 1 aromatic rings. The molecule has 0 aromatic heterocycles. The highest BCUT2D eigenvalue weighted by molar-refractivity contribution is 5.99. The number of amides is 1. The van der Waals surface area contributed by atoms with E-state index in [1.165, 1.54) is 0 Å². The number of nitrogens with one attached hydrogen (secondary N) is 2. The molecule has 1 atom stereocenters. The van der Waals surface area contributed by atoms with Crippen molar-refractivity contribution in [3.05, 3.63) is 29.3 Å². The van der Waals surface area contributed by atoms with Crippen LogP contribution >= 0.6 is 0 Å². The quantitative estimate of drug-likeness (QED) is 0.861. The van der Waals surface area contributed by atoms with E-state index < -0.39 is 0 Å². The van der Waals surface area contributed by atoms with Gasteiger partial charge in [0, 0.05) is 18.2 Å². The van der Waals surface area contributed by atoms with E-state index >= 15 is 0 Å². The maximum atomic E-state index is 12.2. The van der Waals surface area contributed by atoms with Gasteiger partial charge in [0.25, 0.3) is 5.91 Å². The Morgan fingerprint density at radius 2 is 2.40 bits per heavy atom. The van der Waals surface area contributed by atoms with Crippen LogP contribution in [0.1, 0.15) is 12.0 Å². The average molecular weight is 274 g/mol. The number of methoxy groups -OCH3 is 1. The predicted molar refractivity (Wildman–Crippen MR) is 75.9 cm³/mol. The first-order chi connectivity index (χ1) is 9.78. The van der Waals surface area contributed by atoms with Crippen molar-refractivity contribution in [2.24, 2.45) is 0 Å². The molecule has 2 aliphatic rings. The number of carbonyl (C=O) groups is 1. The van der Waals surface area contributed by atoms with Crippen molar-refractivity contribution in [2.75, 3.05) is 26.8 Å². The molecule has 0 saturated carbocycles. The second-order valence-corrected chi connectivity index (χ2v) is 5.00. The fourth-order valence-electron chi connectivity index (χ4n) is 2.53. The molecule has 2 heterocycles. The zero-order valence-electron chi connectivity index (χ0n) is 11.4. The molecule has 1 fully saturated rings. The summed E-state index contributed by atoms with van der Waals surface area (Å²) in [6.45, 7) is 2.07. The predicted octanol–water partition coefficient (Wildman–Crippen LogP) is 0.949. The van der Waals surface area contributed by atoms with Crippen molar-refractivity contribution in [2.45, 2.75) is 12.5 Å². The standard InChI is InChI=1S/C15H18N2O3/c1-19-13-4-2-3-10-7-11(9-20-14(10)13)15(18)17-12-5-6-16-8-12/h2-4,7,12,16H,5-6,8-9H2,1H3,(H,17,18). The summed E-state index contributed by atoms with van der Waals surface area (Å²) in [5, 5.41) is 6.26. The highest BCUT2D eigenvalue weighted by Crippen LogP contribution is 2.35. The normalized spacial score (nSPS) is 20.6. The van der Waals surface area contributed by atoms with Crippen molar-refractivity contribution in [3.63, 3.8) is 0 Å². The Kier molecular flexibility index (Phi) is 3.60. The van der Waals surface area contributed by atoms with Gasteiger partial charge in [0.2, 0.25) is 0 Å². The molecule has 106 valence electrons. The summed E-state index contributed by atoms with van der Waals surface area (Å²) in [7, 11) is 1.61. The molecule has 5 heteroatoms. The van der Waals surface area contributed by atoms with Crippen LogP contribution in [0.25, 0.3) is 6.08 Å². The smallest absolute Gasteiger partial charge is 0.250 e. The molecule has 3 rings (SSSR count). The molecule has 0 aliphatic carbocycles. The number of ether oxygens (including phenoxy) is 2. The zero-order chi connectivity index (χ0) is 13.9. The van der Waals surface area contributed by atoms with Crippen LogP contribution in [0.2, 0.25) is 0 Å². The topological polar surface area (TPSA) is 59.6 Å². The van der Waals surface area contributed by atoms with E-state index in [9.17, 15) is 4.79 Å². The average Bonchev–Trinajstić information content (AvgIpc) is 2.98. The molecule has 2 N–H and O–H groups in total. The summed E-state index contributed by atoms with van der Waals surface area (Å²) in [6.07, 6.45) is 2.85. The van der Waals surface area contributed by atoms with Crippen LogP contribution < -0.4 is 20.1 Å². The SMILES string of the molecule is COc1cccc2c1OCC(C(=O)NC1CCNC1)=C2. The minimum atomic E-state index is -0.0489. The van der Waals surface area contributed by atoms with Crippen LogP contribution in [0.3, 0.4) is 0 Å². The highest BCUT2D eigenvalue weighted by atomic mass is 16.5. The van der Waals surface area contributed by atoms with Crippen LogP contribution in [0.15, 0.2) is 23.8 Å². The number of para-hydroxylation sites is 1. The lowest BCUT2D eigenvalue weighted by molar-refractivity contribution is -0.118.